The van der Waals surface area contributed by atoms with Gasteiger partial charge in [0, 0.05) is 32.0 Å². The molecule has 22 heavy (non-hydrogen) atoms. The number of halogens is 1. The van der Waals surface area contributed by atoms with E-state index < -0.39 is 5.82 Å². The summed E-state index contributed by atoms with van der Waals surface area (Å²) in [6, 6.07) is 4.63. The quantitative estimate of drug-likeness (QED) is 0.923. The Bertz CT molecular complexity index is 671. The molecular weight excluding hydrogens is 283 g/mol. The topological polar surface area (TPSA) is 52.2 Å². The fraction of sp³-hybridized carbons (Fsp3) is 0.375. The van der Waals surface area contributed by atoms with E-state index in [0.717, 1.165) is 17.9 Å². The highest BCUT2D eigenvalue weighted by Gasteiger charge is 2.31. The monoisotopic (exact) mass is 302 g/mol. The van der Waals surface area contributed by atoms with Crippen LogP contribution in [0.4, 0.5) is 4.39 Å². The van der Waals surface area contributed by atoms with Crippen molar-refractivity contribution in [2.75, 3.05) is 26.7 Å². The molecule has 116 valence electrons. The van der Waals surface area contributed by atoms with Crippen LogP contribution in [-0.2, 0) is 0 Å². The Hall–Kier alpha value is -2.21. The Morgan fingerprint density at radius 3 is 2.95 bits per heavy atom. The maximum Gasteiger partial charge on any atom is 0.256 e. The van der Waals surface area contributed by atoms with E-state index in [2.05, 4.69) is 14.9 Å². The van der Waals surface area contributed by atoms with Crippen molar-refractivity contribution in [1.82, 2.24) is 19.8 Å². The van der Waals surface area contributed by atoms with Gasteiger partial charge in [-0.15, -0.1) is 0 Å². The number of benzene rings is 1. The lowest BCUT2D eigenvalue weighted by Gasteiger charge is -2.38. The largest absolute Gasteiger partial charge is 0.347 e. The number of imidazole rings is 1. The number of carbonyl (C=O) groups excluding carboxylic acids is 1. The van der Waals surface area contributed by atoms with E-state index in [-0.39, 0.29) is 17.5 Å². The molecule has 2 heterocycles. The van der Waals surface area contributed by atoms with E-state index in [1.807, 2.05) is 14.0 Å². The van der Waals surface area contributed by atoms with Crippen molar-refractivity contribution in [2.24, 2.45) is 0 Å². The zero-order valence-electron chi connectivity index (χ0n) is 12.7. The van der Waals surface area contributed by atoms with Gasteiger partial charge in [0.15, 0.2) is 0 Å². The first-order valence-corrected chi connectivity index (χ1v) is 7.31. The van der Waals surface area contributed by atoms with Gasteiger partial charge in [0.2, 0.25) is 0 Å². The van der Waals surface area contributed by atoms with E-state index in [0.29, 0.717) is 13.1 Å². The van der Waals surface area contributed by atoms with Gasteiger partial charge in [-0.2, -0.15) is 0 Å². The highest BCUT2D eigenvalue weighted by molar-refractivity contribution is 5.94. The van der Waals surface area contributed by atoms with Gasteiger partial charge in [0.25, 0.3) is 5.91 Å². The zero-order chi connectivity index (χ0) is 15.7. The lowest BCUT2D eigenvalue weighted by atomic mass is 10.1. The maximum absolute atomic E-state index is 13.9. The molecule has 1 aliphatic heterocycles. The molecule has 0 aliphatic carbocycles. The van der Waals surface area contributed by atoms with Gasteiger partial charge in [-0.3, -0.25) is 9.69 Å². The summed E-state index contributed by atoms with van der Waals surface area (Å²) in [6.45, 7) is 3.66. The van der Waals surface area contributed by atoms with Gasteiger partial charge >= 0.3 is 0 Å². The highest BCUT2D eigenvalue weighted by Crippen LogP contribution is 2.23. The van der Waals surface area contributed by atoms with Gasteiger partial charge in [0.05, 0.1) is 11.6 Å². The number of hydrogen-bond donors (Lipinski definition) is 1. The van der Waals surface area contributed by atoms with Crippen LogP contribution in [0.3, 0.4) is 0 Å². The number of piperazine rings is 1. The third-order valence-electron chi connectivity index (χ3n) is 4.12. The summed E-state index contributed by atoms with van der Waals surface area (Å²) in [5.41, 5.74) is 1.02. The smallest absolute Gasteiger partial charge is 0.256 e. The van der Waals surface area contributed by atoms with Crippen LogP contribution in [0.5, 0.6) is 0 Å². The third-order valence-corrected chi connectivity index (χ3v) is 4.12. The van der Waals surface area contributed by atoms with Gasteiger partial charge in [0.1, 0.15) is 11.6 Å². The molecule has 5 nitrogen and oxygen atoms in total. The number of aryl methyl sites for hydroxylation is 1. The summed E-state index contributed by atoms with van der Waals surface area (Å²) >= 11 is 0. The Morgan fingerprint density at radius 2 is 2.23 bits per heavy atom. The van der Waals surface area contributed by atoms with Crippen LogP contribution in [-0.4, -0.2) is 52.4 Å². The van der Waals surface area contributed by atoms with E-state index >= 15 is 0 Å². The lowest BCUT2D eigenvalue weighted by molar-refractivity contribution is 0.0530. The molecule has 1 amide bonds. The molecule has 1 saturated heterocycles. The Labute approximate surface area is 128 Å². The Balaban J connectivity index is 1.83. The Kier molecular flexibility index (Phi) is 3.94. The molecule has 1 atom stereocenters. The molecule has 0 spiro atoms. The van der Waals surface area contributed by atoms with Crippen LogP contribution in [0.1, 0.15) is 27.8 Å². The molecule has 1 aromatic heterocycles. The molecule has 3 rings (SSSR count). The second-order valence-electron chi connectivity index (χ2n) is 5.71. The van der Waals surface area contributed by atoms with Crippen molar-refractivity contribution in [3.05, 3.63) is 53.4 Å². The molecule has 6 heteroatoms. The molecular formula is C16H19FN4O. The molecule has 1 fully saturated rings. The number of aromatic nitrogens is 2. The van der Waals surface area contributed by atoms with Crippen molar-refractivity contribution in [2.45, 2.75) is 13.0 Å². The number of likely N-dealkylation sites (N-methyl/N-ethyl adjacent to an activating group) is 1. The molecule has 1 aliphatic rings. The number of rotatable bonds is 2. The number of aromatic amines is 1. The van der Waals surface area contributed by atoms with Crippen molar-refractivity contribution in [3.8, 4) is 0 Å². The molecule has 0 saturated carbocycles. The molecule has 0 radical (unpaired) electrons. The predicted molar refractivity (Wildman–Crippen MR) is 81.0 cm³/mol. The molecule has 2 aromatic rings. The minimum Gasteiger partial charge on any atom is -0.347 e. The number of carbonyl (C=O) groups is 1. The highest BCUT2D eigenvalue weighted by atomic mass is 19.1. The van der Waals surface area contributed by atoms with Crippen LogP contribution in [0.15, 0.2) is 30.6 Å². The van der Waals surface area contributed by atoms with Gasteiger partial charge in [-0.25, -0.2) is 9.37 Å². The second-order valence-corrected chi connectivity index (χ2v) is 5.71. The van der Waals surface area contributed by atoms with E-state index in [1.165, 1.54) is 6.07 Å². The van der Waals surface area contributed by atoms with Crippen molar-refractivity contribution >= 4 is 5.91 Å². The fourth-order valence-electron chi connectivity index (χ4n) is 2.79. The zero-order valence-corrected chi connectivity index (χ0v) is 12.7. The maximum atomic E-state index is 13.9. The van der Waals surface area contributed by atoms with Gasteiger partial charge in [-0.1, -0.05) is 11.6 Å². The van der Waals surface area contributed by atoms with Crippen molar-refractivity contribution in [1.29, 1.82) is 0 Å². The SMILES string of the molecule is Cc1ccc(F)c(C(=O)N2CCN(C)[C@@H](c3ncc[nH]3)C2)c1. The first kappa shape index (κ1) is 14.7. The average Bonchev–Trinajstić information content (AvgIpc) is 3.03. The number of hydrogen-bond acceptors (Lipinski definition) is 3. The lowest BCUT2D eigenvalue weighted by Crippen LogP contribution is -2.49. The van der Waals surface area contributed by atoms with Crippen LogP contribution >= 0.6 is 0 Å². The summed E-state index contributed by atoms with van der Waals surface area (Å²) in [6.07, 6.45) is 3.47. The molecule has 0 unspecified atom stereocenters. The number of H-pyrrole nitrogens is 1. The summed E-state index contributed by atoms with van der Waals surface area (Å²) in [5.74, 6) is 0.0969. The Morgan fingerprint density at radius 1 is 1.41 bits per heavy atom. The standard InChI is InChI=1S/C16H19FN4O/c1-11-3-4-13(17)12(9-11)16(22)21-8-7-20(2)14(10-21)15-18-5-6-19-15/h3-6,9,14H,7-8,10H2,1-2H3,(H,18,19)/t14-/m1/s1. The first-order valence-electron chi connectivity index (χ1n) is 7.31. The summed E-state index contributed by atoms with van der Waals surface area (Å²) in [5, 5.41) is 0. The summed E-state index contributed by atoms with van der Waals surface area (Å²) in [7, 11) is 2.00. The van der Waals surface area contributed by atoms with E-state index in [9.17, 15) is 9.18 Å². The van der Waals surface area contributed by atoms with Gasteiger partial charge < -0.3 is 9.88 Å². The van der Waals surface area contributed by atoms with Gasteiger partial charge in [-0.05, 0) is 26.1 Å². The average molecular weight is 302 g/mol. The van der Waals surface area contributed by atoms with Crippen molar-refractivity contribution in [3.63, 3.8) is 0 Å². The number of nitrogens with one attached hydrogen (secondary N) is 1. The molecule has 1 aromatic carbocycles. The van der Waals surface area contributed by atoms with Crippen LogP contribution < -0.4 is 0 Å². The molecule has 0 bridgehead atoms. The summed E-state index contributed by atoms with van der Waals surface area (Å²) < 4.78 is 13.9. The number of amides is 1. The first-order chi connectivity index (χ1) is 10.6. The van der Waals surface area contributed by atoms with Crippen LogP contribution in [0.2, 0.25) is 0 Å². The fourth-order valence-corrected chi connectivity index (χ4v) is 2.79. The normalized spacial score (nSPS) is 19.4. The van der Waals surface area contributed by atoms with Crippen LogP contribution in [0.25, 0.3) is 0 Å². The molecule has 1 N–H and O–H groups in total. The number of nitrogens with zero attached hydrogens (tertiary/aromatic N) is 3. The summed E-state index contributed by atoms with van der Waals surface area (Å²) in [4.78, 5) is 23.9. The predicted octanol–water partition coefficient (Wildman–Crippen LogP) is 1.99. The van der Waals surface area contributed by atoms with E-state index in [4.69, 9.17) is 0 Å². The van der Waals surface area contributed by atoms with Crippen LogP contribution in [0, 0.1) is 12.7 Å². The second kappa shape index (κ2) is 5.88. The minimum absolute atomic E-state index is 0.000528. The minimum atomic E-state index is -0.468. The van der Waals surface area contributed by atoms with E-state index in [1.54, 1.807) is 29.4 Å². The third kappa shape index (κ3) is 2.74. The van der Waals surface area contributed by atoms with Crippen molar-refractivity contribution < 1.29 is 9.18 Å².